The molecule has 2 atom stereocenters. The first-order valence-corrected chi connectivity index (χ1v) is 7.33. The van der Waals surface area contributed by atoms with Crippen molar-refractivity contribution in [3.63, 3.8) is 0 Å². The van der Waals surface area contributed by atoms with E-state index in [2.05, 4.69) is 10.2 Å². The third kappa shape index (κ3) is 1.67. The van der Waals surface area contributed by atoms with Gasteiger partial charge < -0.3 is 0 Å². The molecule has 0 amide bonds. The largest absolute Gasteiger partial charge is 0.271 e. The first-order chi connectivity index (χ1) is 9.25. The lowest BCUT2D eigenvalue weighted by molar-refractivity contribution is 0.564. The Balaban J connectivity index is 1.89. The van der Waals surface area contributed by atoms with Gasteiger partial charge in [0.15, 0.2) is 10.6 Å². The molecule has 2 aromatic heterocycles. The summed E-state index contributed by atoms with van der Waals surface area (Å²) < 4.78 is 16.0. The van der Waals surface area contributed by atoms with E-state index in [1.165, 1.54) is 0 Å². The maximum Gasteiger partial charge on any atom is 0.199 e. The number of aromatic nitrogens is 3. The van der Waals surface area contributed by atoms with Crippen molar-refractivity contribution in [2.24, 2.45) is 11.8 Å². The van der Waals surface area contributed by atoms with E-state index in [0.717, 1.165) is 22.8 Å². The van der Waals surface area contributed by atoms with Gasteiger partial charge in [0.05, 0.1) is 4.88 Å². The van der Waals surface area contributed by atoms with E-state index in [9.17, 15) is 4.39 Å². The number of aromatic amines is 1. The Morgan fingerprint density at radius 3 is 3.11 bits per heavy atom. The molecule has 0 saturated heterocycles. The number of nitrogens with one attached hydrogen (secondary N) is 1. The fourth-order valence-corrected chi connectivity index (χ4v) is 3.53. The highest BCUT2D eigenvalue weighted by Gasteiger charge is 2.46. The van der Waals surface area contributed by atoms with Gasteiger partial charge >= 0.3 is 0 Å². The summed E-state index contributed by atoms with van der Waals surface area (Å²) in [6, 6.07) is 3.99. The Morgan fingerprint density at radius 2 is 2.32 bits per heavy atom. The molecule has 0 aliphatic heterocycles. The third-order valence-corrected chi connectivity index (χ3v) is 4.75. The van der Waals surface area contributed by atoms with E-state index >= 15 is 0 Å². The summed E-state index contributed by atoms with van der Waals surface area (Å²) in [5.74, 6) is 1.09. The average Bonchev–Trinajstić information content (AvgIpc) is 2.86. The van der Waals surface area contributed by atoms with Crippen molar-refractivity contribution in [1.82, 2.24) is 14.8 Å². The summed E-state index contributed by atoms with van der Waals surface area (Å²) >= 11 is 6.94. The van der Waals surface area contributed by atoms with Crippen molar-refractivity contribution in [1.29, 1.82) is 0 Å². The summed E-state index contributed by atoms with van der Waals surface area (Å²) in [5, 5.41) is 9.15. The second-order valence-corrected chi connectivity index (χ2v) is 6.09. The number of hydrogen-bond acceptors (Lipinski definition) is 3. The number of hydrogen-bond donors (Lipinski definition) is 1. The molecule has 19 heavy (non-hydrogen) atoms. The standard InChI is InChI=1S/C13H10FN3S2/c14-9-3-4-10(8-6-7(8)9)17-12(15-16-13(17)18)11-2-1-5-19-11/h1-5,7-8H,6H2,(H,16,18). The van der Waals surface area contributed by atoms with Gasteiger partial charge in [0.2, 0.25) is 0 Å². The van der Waals surface area contributed by atoms with Crippen LogP contribution in [-0.2, 0) is 0 Å². The number of allylic oxidation sites excluding steroid dienone is 4. The second kappa shape index (κ2) is 3.98. The number of rotatable bonds is 2. The molecule has 1 saturated carbocycles. The summed E-state index contributed by atoms with van der Waals surface area (Å²) in [4.78, 5) is 1.06. The molecule has 96 valence electrons. The SMILES string of the molecule is FC1=CC=C(n2c(-c3cccs3)n[nH]c2=S)C2CC12. The highest BCUT2D eigenvalue weighted by atomic mass is 32.1. The van der Waals surface area contributed by atoms with E-state index in [1.54, 1.807) is 17.4 Å². The number of halogens is 1. The molecule has 4 rings (SSSR count). The summed E-state index contributed by atoms with van der Waals surface area (Å²) in [5.41, 5.74) is 1.05. The normalized spacial score (nSPS) is 24.7. The van der Waals surface area contributed by atoms with Gasteiger partial charge in [-0.3, -0.25) is 9.67 Å². The zero-order valence-electron chi connectivity index (χ0n) is 9.84. The van der Waals surface area contributed by atoms with Crippen LogP contribution < -0.4 is 0 Å². The smallest absolute Gasteiger partial charge is 0.199 e. The van der Waals surface area contributed by atoms with Crippen molar-refractivity contribution in [2.45, 2.75) is 6.42 Å². The minimum Gasteiger partial charge on any atom is -0.271 e. The average molecular weight is 291 g/mol. The monoisotopic (exact) mass is 291 g/mol. The minimum absolute atomic E-state index is 0.0126. The zero-order valence-corrected chi connectivity index (χ0v) is 11.5. The molecule has 0 bridgehead atoms. The van der Waals surface area contributed by atoms with Crippen molar-refractivity contribution >= 4 is 29.3 Å². The first-order valence-electron chi connectivity index (χ1n) is 6.04. The van der Waals surface area contributed by atoms with Gasteiger partial charge in [0.25, 0.3) is 0 Å². The molecule has 6 heteroatoms. The predicted octanol–water partition coefficient (Wildman–Crippen LogP) is 4.01. The lowest BCUT2D eigenvalue weighted by Crippen LogP contribution is -2.05. The van der Waals surface area contributed by atoms with Crippen LogP contribution in [0.2, 0.25) is 0 Å². The van der Waals surface area contributed by atoms with Crippen LogP contribution in [-0.4, -0.2) is 14.8 Å². The van der Waals surface area contributed by atoms with Gasteiger partial charge in [-0.15, -0.1) is 11.3 Å². The topological polar surface area (TPSA) is 33.6 Å². The van der Waals surface area contributed by atoms with Crippen molar-refractivity contribution in [3.05, 3.63) is 40.3 Å². The Labute approximate surface area is 118 Å². The number of nitrogens with zero attached hydrogens (tertiary/aromatic N) is 2. The van der Waals surface area contributed by atoms with Crippen LogP contribution in [0, 0.1) is 16.6 Å². The Bertz CT molecular complexity index is 751. The van der Waals surface area contributed by atoms with Gasteiger partial charge in [-0.05, 0) is 42.2 Å². The summed E-state index contributed by atoms with van der Waals surface area (Å²) in [6.45, 7) is 0. The van der Waals surface area contributed by atoms with Gasteiger partial charge in [-0.1, -0.05) is 6.07 Å². The molecular weight excluding hydrogens is 281 g/mol. The fraction of sp³-hybridized carbons (Fsp3) is 0.231. The van der Waals surface area contributed by atoms with E-state index < -0.39 is 0 Å². The van der Waals surface area contributed by atoms with Crippen LogP contribution in [0.25, 0.3) is 16.4 Å². The molecular formula is C13H10FN3S2. The van der Waals surface area contributed by atoms with Gasteiger partial charge in [-0.25, -0.2) is 4.39 Å². The van der Waals surface area contributed by atoms with Crippen molar-refractivity contribution < 1.29 is 4.39 Å². The molecule has 2 aliphatic carbocycles. The van der Waals surface area contributed by atoms with Gasteiger partial charge in [0.1, 0.15) is 5.83 Å². The maximum atomic E-state index is 13.5. The number of H-pyrrole nitrogens is 1. The third-order valence-electron chi connectivity index (χ3n) is 3.61. The van der Waals surface area contributed by atoms with Crippen LogP contribution in [0.5, 0.6) is 0 Å². The minimum atomic E-state index is -0.0126. The quantitative estimate of drug-likeness (QED) is 0.848. The lowest BCUT2D eigenvalue weighted by Gasteiger charge is -2.12. The first kappa shape index (κ1) is 11.3. The molecule has 2 aliphatic rings. The predicted molar refractivity (Wildman–Crippen MR) is 75.8 cm³/mol. The summed E-state index contributed by atoms with van der Waals surface area (Å²) in [6.07, 6.45) is 4.24. The van der Waals surface area contributed by atoms with E-state index in [0.29, 0.717) is 4.77 Å². The van der Waals surface area contributed by atoms with E-state index in [1.807, 2.05) is 28.2 Å². The molecule has 0 spiro atoms. The number of fused-ring (bicyclic) bond motifs is 1. The van der Waals surface area contributed by atoms with Crippen LogP contribution >= 0.6 is 23.6 Å². The molecule has 1 N–H and O–H groups in total. The van der Waals surface area contributed by atoms with E-state index in [4.69, 9.17) is 12.2 Å². The van der Waals surface area contributed by atoms with Crippen LogP contribution in [0.4, 0.5) is 4.39 Å². The second-order valence-electron chi connectivity index (χ2n) is 4.76. The zero-order chi connectivity index (χ0) is 13.0. The Hall–Kier alpha value is -1.53. The lowest BCUT2D eigenvalue weighted by atomic mass is 10.1. The molecule has 2 unspecified atom stereocenters. The number of thiophene rings is 1. The van der Waals surface area contributed by atoms with Crippen LogP contribution in [0.15, 0.2) is 35.5 Å². The molecule has 3 nitrogen and oxygen atoms in total. The van der Waals surface area contributed by atoms with Gasteiger partial charge in [-0.2, -0.15) is 5.10 Å². The van der Waals surface area contributed by atoms with Gasteiger partial charge in [0, 0.05) is 17.5 Å². The van der Waals surface area contributed by atoms with Crippen molar-refractivity contribution in [2.75, 3.05) is 0 Å². The van der Waals surface area contributed by atoms with Crippen LogP contribution in [0.3, 0.4) is 0 Å². The highest BCUT2D eigenvalue weighted by Crippen LogP contribution is 2.53. The van der Waals surface area contributed by atoms with Crippen LogP contribution in [0.1, 0.15) is 6.42 Å². The summed E-state index contributed by atoms with van der Waals surface area (Å²) in [7, 11) is 0. The Kier molecular flexibility index (Phi) is 2.37. The fourth-order valence-electron chi connectivity index (χ4n) is 2.59. The molecule has 2 heterocycles. The molecule has 0 radical (unpaired) electrons. The Morgan fingerprint density at radius 1 is 1.42 bits per heavy atom. The van der Waals surface area contributed by atoms with Crippen molar-refractivity contribution in [3.8, 4) is 10.7 Å². The maximum absolute atomic E-state index is 13.5. The molecule has 0 aromatic carbocycles. The molecule has 2 aromatic rings. The van der Waals surface area contributed by atoms with E-state index in [-0.39, 0.29) is 17.7 Å². The highest BCUT2D eigenvalue weighted by molar-refractivity contribution is 7.71. The molecule has 1 fully saturated rings.